The van der Waals surface area contributed by atoms with Gasteiger partial charge in [0, 0.05) is 17.9 Å². The maximum atomic E-state index is 11.3. The molecule has 1 aliphatic rings. The highest BCUT2D eigenvalue weighted by Crippen LogP contribution is 2.30. The van der Waals surface area contributed by atoms with Crippen molar-refractivity contribution in [2.45, 2.75) is 33.2 Å². The number of carbonyl (C=O) groups is 1. The molecule has 0 aromatic heterocycles. The Balaban J connectivity index is 2.27. The van der Waals surface area contributed by atoms with Crippen LogP contribution in [0.3, 0.4) is 0 Å². The zero-order valence-electron chi connectivity index (χ0n) is 10.9. The predicted octanol–water partition coefficient (Wildman–Crippen LogP) is 3.31. The van der Waals surface area contributed by atoms with Crippen LogP contribution in [0.5, 0.6) is 0 Å². The Labute approximate surface area is 117 Å². The van der Waals surface area contributed by atoms with Crippen molar-refractivity contribution in [3.05, 3.63) is 27.7 Å². The summed E-state index contributed by atoms with van der Waals surface area (Å²) in [5, 5.41) is 2.93. The number of nitrogens with one attached hydrogen (secondary N) is 1. The minimum absolute atomic E-state index is 0.0257. The summed E-state index contributed by atoms with van der Waals surface area (Å²) in [4.78, 5) is 13.7. The molecule has 2 rings (SSSR count). The van der Waals surface area contributed by atoms with Crippen LogP contribution in [0.2, 0.25) is 0 Å². The molecular weight excluding hydrogens is 292 g/mol. The zero-order valence-corrected chi connectivity index (χ0v) is 12.5. The number of rotatable bonds is 3. The Morgan fingerprint density at radius 3 is 2.67 bits per heavy atom. The molecule has 0 unspecified atom stereocenters. The summed E-state index contributed by atoms with van der Waals surface area (Å²) in [5.74, 6) is -0.0257. The predicted molar refractivity (Wildman–Crippen MR) is 77.7 cm³/mol. The van der Waals surface area contributed by atoms with E-state index in [1.807, 2.05) is 6.07 Å². The van der Waals surface area contributed by atoms with Gasteiger partial charge in [-0.25, -0.2) is 0 Å². The quantitative estimate of drug-likeness (QED) is 0.929. The van der Waals surface area contributed by atoms with Crippen LogP contribution in [0, 0.1) is 6.92 Å². The number of nitrogens with zero attached hydrogens (tertiary/aromatic N) is 1. The van der Waals surface area contributed by atoms with Gasteiger partial charge in [-0.15, -0.1) is 0 Å². The van der Waals surface area contributed by atoms with Gasteiger partial charge in [-0.1, -0.05) is 6.07 Å². The van der Waals surface area contributed by atoms with Crippen molar-refractivity contribution in [2.75, 3.05) is 18.4 Å². The minimum atomic E-state index is -0.0257. The van der Waals surface area contributed by atoms with E-state index in [1.54, 1.807) is 6.92 Å². The zero-order chi connectivity index (χ0) is 13.1. The lowest BCUT2D eigenvalue weighted by Crippen LogP contribution is -2.20. The standard InChI is InChI=1S/C14H19BrN2O/c1-10-7-12(9-17-5-3-4-6-17)14(13(15)8-10)16-11(2)18/h7-8H,3-6,9H2,1-2H3,(H,16,18). The molecule has 1 saturated heterocycles. The molecule has 1 aliphatic heterocycles. The molecule has 0 atom stereocenters. The number of amides is 1. The molecule has 4 heteroatoms. The van der Waals surface area contributed by atoms with Crippen LogP contribution in [0.1, 0.15) is 30.9 Å². The van der Waals surface area contributed by atoms with Gasteiger partial charge < -0.3 is 5.32 Å². The molecular formula is C14H19BrN2O. The summed E-state index contributed by atoms with van der Waals surface area (Å²) in [6.07, 6.45) is 2.56. The van der Waals surface area contributed by atoms with E-state index in [2.05, 4.69) is 39.1 Å². The lowest BCUT2D eigenvalue weighted by molar-refractivity contribution is -0.114. The van der Waals surface area contributed by atoms with Crippen molar-refractivity contribution in [1.82, 2.24) is 4.90 Å². The van der Waals surface area contributed by atoms with Gasteiger partial charge in [0.25, 0.3) is 0 Å². The smallest absolute Gasteiger partial charge is 0.221 e. The van der Waals surface area contributed by atoms with E-state index in [4.69, 9.17) is 0 Å². The first-order chi connectivity index (χ1) is 8.56. The highest BCUT2D eigenvalue weighted by atomic mass is 79.9. The maximum Gasteiger partial charge on any atom is 0.221 e. The second-order valence-corrected chi connectivity index (χ2v) is 5.80. The number of hydrogen-bond donors (Lipinski definition) is 1. The van der Waals surface area contributed by atoms with Crippen molar-refractivity contribution in [3.63, 3.8) is 0 Å². The Hall–Kier alpha value is -0.870. The van der Waals surface area contributed by atoms with Gasteiger partial charge in [0.2, 0.25) is 5.91 Å². The lowest BCUT2D eigenvalue weighted by atomic mass is 10.1. The Morgan fingerprint density at radius 2 is 2.06 bits per heavy atom. The Kier molecular flexibility index (Phi) is 4.40. The highest BCUT2D eigenvalue weighted by Gasteiger charge is 2.16. The molecule has 0 spiro atoms. The fraction of sp³-hybridized carbons (Fsp3) is 0.500. The molecule has 98 valence electrons. The molecule has 1 N–H and O–H groups in total. The van der Waals surface area contributed by atoms with Crippen LogP contribution in [0.25, 0.3) is 0 Å². The van der Waals surface area contributed by atoms with E-state index in [9.17, 15) is 4.79 Å². The highest BCUT2D eigenvalue weighted by molar-refractivity contribution is 9.10. The van der Waals surface area contributed by atoms with Gasteiger partial charge in [-0.3, -0.25) is 9.69 Å². The van der Waals surface area contributed by atoms with Crippen LogP contribution < -0.4 is 5.32 Å². The van der Waals surface area contributed by atoms with Crippen LogP contribution >= 0.6 is 15.9 Å². The molecule has 0 saturated carbocycles. The van der Waals surface area contributed by atoms with Crippen LogP contribution in [0.15, 0.2) is 16.6 Å². The topological polar surface area (TPSA) is 32.3 Å². The molecule has 1 aromatic rings. The average molecular weight is 311 g/mol. The fourth-order valence-electron chi connectivity index (χ4n) is 2.44. The number of benzene rings is 1. The minimum Gasteiger partial charge on any atom is -0.325 e. The molecule has 1 fully saturated rings. The number of aryl methyl sites for hydroxylation is 1. The van der Waals surface area contributed by atoms with Gasteiger partial charge in [0.1, 0.15) is 0 Å². The van der Waals surface area contributed by atoms with Gasteiger partial charge in [0.15, 0.2) is 0 Å². The Bertz CT molecular complexity index is 453. The van der Waals surface area contributed by atoms with Gasteiger partial charge in [-0.05, 0) is 66.0 Å². The summed E-state index contributed by atoms with van der Waals surface area (Å²) in [5.41, 5.74) is 3.32. The Morgan fingerprint density at radius 1 is 1.39 bits per heavy atom. The number of halogens is 1. The number of likely N-dealkylation sites (tertiary alicyclic amines) is 1. The molecule has 18 heavy (non-hydrogen) atoms. The third-order valence-corrected chi connectivity index (χ3v) is 3.84. The van der Waals surface area contributed by atoms with Crippen molar-refractivity contribution in [1.29, 1.82) is 0 Å². The van der Waals surface area contributed by atoms with E-state index in [0.717, 1.165) is 29.8 Å². The summed E-state index contributed by atoms with van der Waals surface area (Å²) in [6.45, 7) is 6.85. The van der Waals surface area contributed by atoms with Crippen LogP contribution in [0.4, 0.5) is 5.69 Å². The first-order valence-corrected chi connectivity index (χ1v) is 7.14. The van der Waals surface area contributed by atoms with E-state index < -0.39 is 0 Å². The number of carbonyl (C=O) groups excluding carboxylic acids is 1. The first-order valence-electron chi connectivity index (χ1n) is 6.35. The molecule has 1 amide bonds. The second kappa shape index (κ2) is 5.85. The largest absolute Gasteiger partial charge is 0.325 e. The maximum absolute atomic E-state index is 11.3. The van der Waals surface area contributed by atoms with E-state index in [1.165, 1.54) is 24.0 Å². The average Bonchev–Trinajstić information content (AvgIpc) is 2.75. The van der Waals surface area contributed by atoms with Gasteiger partial charge in [-0.2, -0.15) is 0 Å². The molecule has 1 aromatic carbocycles. The SMILES string of the molecule is CC(=O)Nc1c(Br)cc(C)cc1CN1CCCC1. The van der Waals surface area contributed by atoms with Crippen molar-refractivity contribution >= 4 is 27.5 Å². The van der Waals surface area contributed by atoms with Crippen molar-refractivity contribution in [3.8, 4) is 0 Å². The fourth-order valence-corrected chi connectivity index (χ4v) is 3.15. The monoisotopic (exact) mass is 310 g/mol. The van der Waals surface area contributed by atoms with E-state index in [-0.39, 0.29) is 5.91 Å². The van der Waals surface area contributed by atoms with Crippen LogP contribution in [-0.2, 0) is 11.3 Å². The molecule has 3 nitrogen and oxygen atoms in total. The molecule has 1 heterocycles. The molecule has 0 bridgehead atoms. The van der Waals surface area contributed by atoms with Crippen molar-refractivity contribution < 1.29 is 4.79 Å². The van der Waals surface area contributed by atoms with Gasteiger partial charge >= 0.3 is 0 Å². The first kappa shape index (κ1) is 13.6. The number of anilines is 1. The summed E-state index contributed by atoms with van der Waals surface area (Å²) >= 11 is 3.54. The summed E-state index contributed by atoms with van der Waals surface area (Å²) < 4.78 is 0.965. The van der Waals surface area contributed by atoms with Crippen LogP contribution in [-0.4, -0.2) is 23.9 Å². The third kappa shape index (κ3) is 3.33. The van der Waals surface area contributed by atoms with E-state index in [0.29, 0.717) is 0 Å². The summed E-state index contributed by atoms with van der Waals surface area (Å²) in [7, 11) is 0. The molecule has 0 radical (unpaired) electrons. The number of hydrogen-bond acceptors (Lipinski definition) is 2. The lowest BCUT2D eigenvalue weighted by Gasteiger charge is -2.19. The summed E-state index contributed by atoms with van der Waals surface area (Å²) in [6, 6.07) is 4.20. The van der Waals surface area contributed by atoms with E-state index >= 15 is 0 Å². The second-order valence-electron chi connectivity index (χ2n) is 4.95. The molecule has 0 aliphatic carbocycles. The third-order valence-electron chi connectivity index (χ3n) is 3.21. The van der Waals surface area contributed by atoms with Gasteiger partial charge in [0.05, 0.1) is 5.69 Å². The van der Waals surface area contributed by atoms with Crippen molar-refractivity contribution in [2.24, 2.45) is 0 Å². The normalized spacial score (nSPS) is 15.9.